The van der Waals surface area contributed by atoms with E-state index in [1.54, 1.807) is 19.1 Å². The maximum Gasteiger partial charge on any atom is 0.244 e. The van der Waals surface area contributed by atoms with Crippen molar-refractivity contribution in [3.8, 4) is 0 Å². The molecular weight excluding hydrogens is 541 g/mol. The molecule has 0 aliphatic heterocycles. The standard InChI is InChI=1S/C29H33ClFN3O4S/c1-4-16-32-29(36)27(17-22-8-6-5-7-9-22)33(19-23-11-14-25(31)15-12-23)28(35)20-34(39(3,37)38)26-18-24(30)13-10-21(26)2/h5-15,18,27H,4,16-17,19-20H2,1-3H3,(H,32,36)/t27-/m0/s1. The van der Waals surface area contributed by atoms with Crippen LogP contribution in [0, 0.1) is 12.7 Å². The van der Waals surface area contributed by atoms with Gasteiger partial charge in [-0.1, -0.05) is 67.1 Å². The van der Waals surface area contributed by atoms with Crippen molar-refractivity contribution in [2.45, 2.75) is 39.3 Å². The van der Waals surface area contributed by atoms with Gasteiger partial charge in [0.2, 0.25) is 21.8 Å². The van der Waals surface area contributed by atoms with E-state index >= 15 is 0 Å². The van der Waals surface area contributed by atoms with Crippen molar-refractivity contribution in [1.29, 1.82) is 0 Å². The summed E-state index contributed by atoms with van der Waals surface area (Å²) in [6.07, 6.45) is 1.92. The third kappa shape index (κ3) is 8.53. The highest BCUT2D eigenvalue weighted by Crippen LogP contribution is 2.27. The number of carbonyl (C=O) groups excluding carboxylic acids is 2. The van der Waals surface area contributed by atoms with Crippen LogP contribution in [0.2, 0.25) is 5.02 Å². The zero-order valence-corrected chi connectivity index (χ0v) is 23.8. The molecule has 0 saturated heterocycles. The fourth-order valence-electron chi connectivity index (χ4n) is 4.15. The lowest BCUT2D eigenvalue weighted by Crippen LogP contribution is -2.53. The van der Waals surface area contributed by atoms with Gasteiger partial charge in [0.25, 0.3) is 0 Å². The molecule has 0 aromatic heterocycles. The Morgan fingerprint density at radius 2 is 1.67 bits per heavy atom. The molecule has 3 aromatic rings. The lowest BCUT2D eigenvalue weighted by Gasteiger charge is -2.33. The van der Waals surface area contributed by atoms with Gasteiger partial charge in [0.1, 0.15) is 18.4 Å². The summed E-state index contributed by atoms with van der Waals surface area (Å²) in [7, 11) is -3.91. The van der Waals surface area contributed by atoms with Gasteiger partial charge in [-0.05, 0) is 54.3 Å². The average molecular weight is 574 g/mol. The first-order valence-electron chi connectivity index (χ1n) is 12.6. The molecule has 2 amide bonds. The molecule has 0 bridgehead atoms. The third-order valence-electron chi connectivity index (χ3n) is 6.21. The predicted octanol–water partition coefficient (Wildman–Crippen LogP) is 4.72. The van der Waals surface area contributed by atoms with Crippen LogP contribution >= 0.6 is 11.6 Å². The van der Waals surface area contributed by atoms with Gasteiger partial charge >= 0.3 is 0 Å². The Morgan fingerprint density at radius 3 is 2.28 bits per heavy atom. The van der Waals surface area contributed by atoms with Crippen LogP contribution in [0.15, 0.2) is 72.8 Å². The highest BCUT2D eigenvalue weighted by molar-refractivity contribution is 7.92. The minimum atomic E-state index is -3.91. The monoisotopic (exact) mass is 573 g/mol. The van der Waals surface area contributed by atoms with Gasteiger partial charge in [-0.25, -0.2) is 12.8 Å². The Balaban J connectivity index is 2.06. The Morgan fingerprint density at radius 1 is 1.00 bits per heavy atom. The van der Waals surface area contributed by atoms with E-state index in [1.165, 1.54) is 35.2 Å². The van der Waals surface area contributed by atoms with Crippen molar-refractivity contribution in [3.63, 3.8) is 0 Å². The summed E-state index contributed by atoms with van der Waals surface area (Å²) >= 11 is 6.16. The largest absolute Gasteiger partial charge is 0.354 e. The number of hydrogen-bond donors (Lipinski definition) is 1. The normalized spacial score (nSPS) is 12.0. The van der Waals surface area contributed by atoms with E-state index in [4.69, 9.17) is 11.6 Å². The van der Waals surface area contributed by atoms with Crippen LogP contribution in [-0.2, 0) is 32.6 Å². The van der Waals surface area contributed by atoms with Crippen molar-refractivity contribution in [2.75, 3.05) is 23.7 Å². The second kappa shape index (κ2) is 13.6. The molecule has 0 fully saturated rings. The summed E-state index contributed by atoms with van der Waals surface area (Å²) in [4.78, 5) is 28.8. The van der Waals surface area contributed by atoms with Crippen molar-refractivity contribution < 1.29 is 22.4 Å². The molecule has 0 unspecified atom stereocenters. The first-order valence-corrected chi connectivity index (χ1v) is 14.8. The summed E-state index contributed by atoms with van der Waals surface area (Å²) < 4.78 is 40.4. The molecule has 3 aromatic carbocycles. The van der Waals surface area contributed by atoms with Crippen molar-refractivity contribution in [2.24, 2.45) is 0 Å². The lowest BCUT2D eigenvalue weighted by molar-refractivity contribution is -0.140. The summed E-state index contributed by atoms with van der Waals surface area (Å²) in [5, 5.41) is 3.19. The van der Waals surface area contributed by atoms with Crippen LogP contribution in [0.3, 0.4) is 0 Å². The van der Waals surface area contributed by atoms with Gasteiger partial charge in [-0.3, -0.25) is 13.9 Å². The zero-order chi connectivity index (χ0) is 28.6. The third-order valence-corrected chi connectivity index (χ3v) is 7.57. The van der Waals surface area contributed by atoms with Crippen LogP contribution in [0.1, 0.15) is 30.0 Å². The topological polar surface area (TPSA) is 86.8 Å². The summed E-state index contributed by atoms with van der Waals surface area (Å²) in [6.45, 7) is 3.49. The number of hydrogen-bond acceptors (Lipinski definition) is 4. The summed E-state index contributed by atoms with van der Waals surface area (Å²) in [5.41, 5.74) is 2.31. The second-order valence-corrected chi connectivity index (χ2v) is 11.7. The molecule has 3 rings (SSSR count). The molecule has 208 valence electrons. The first-order chi connectivity index (χ1) is 18.5. The molecule has 0 saturated carbocycles. The number of anilines is 1. The molecule has 0 heterocycles. The smallest absolute Gasteiger partial charge is 0.244 e. The first kappa shape index (κ1) is 30.1. The maximum absolute atomic E-state index is 14.0. The minimum Gasteiger partial charge on any atom is -0.354 e. The van der Waals surface area contributed by atoms with Gasteiger partial charge < -0.3 is 10.2 Å². The van der Waals surface area contributed by atoms with Crippen LogP contribution in [0.25, 0.3) is 0 Å². The number of amides is 2. The number of aryl methyl sites for hydroxylation is 1. The van der Waals surface area contributed by atoms with E-state index < -0.39 is 34.3 Å². The van der Waals surface area contributed by atoms with E-state index in [9.17, 15) is 22.4 Å². The summed E-state index contributed by atoms with van der Waals surface area (Å²) in [6, 6.07) is 18.7. The molecule has 1 atom stereocenters. The summed E-state index contributed by atoms with van der Waals surface area (Å²) in [5.74, 6) is -1.38. The Bertz CT molecular complexity index is 1390. The molecule has 7 nitrogen and oxygen atoms in total. The van der Waals surface area contributed by atoms with Crippen molar-refractivity contribution in [1.82, 2.24) is 10.2 Å². The lowest BCUT2D eigenvalue weighted by atomic mass is 10.0. The number of sulfonamides is 1. The molecule has 0 radical (unpaired) electrons. The highest BCUT2D eigenvalue weighted by Gasteiger charge is 2.33. The Labute approximate surface area is 234 Å². The van der Waals surface area contributed by atoms with Crippen LogP contribution < -0.4 is 9.62 Å². The molecule has 0 spiro atoms. The average Bonchev–Trinajstić information content (AvgIpc) is 2.90. The Kier molecular flexibility index (Phi) is 10.5. The van der Waals surface area contributed by atoms with Gasteiger partial charge in [0.05, 0.1) is 11.9 Å². The van der Waals surface area contributed by atoms with E-state index in [-0.39, 0.29) is 24.6 Å². The van der Waals surface area contributed by atoms with E-state index in [0.717, 1.165) is 16.1 Å². The fraction of sp³-hybridized carbons (Fsp3) is 0.310. The van der Waals surface area contributed by atoms with Gasteiger partial charge in [-0.2, -0.15) is 0 Å². The number of benzene rings is 3. The molecule has 0 aliphatic rings. The number of nitrogens with zero attached hydrogens (tertiary/aromatic N) is 2. The van der Waals surface area contributed by atoms with Crippen LogP contribution in [0.5, 0.6) is 0 Å². The number of rotatable bonds is 12. The van der Waals surface area contributed by atoms with Gasteiger partial charge in [-0.15, -0.1) is 0 Å². The number of nitrogens with one attached hydrogen (secondary N) is 1. The number of halogens is 2. The van der Waals surface area contributed by atoms with Gasteiger partial charge in [0, 0.05) is 24.5 Å². The van der Waals surface area contributed by atoms with Gasteiger partial charge in [0.15, 0.2) is 0 Å². The SMILES string of the molecule is CCCNC(=O)[C@H](Cc1ccccc1)N(Cc1ccc(F)cc1)C(=O)CN(c1cc(Cl)ccc1C)S(C)(=O)=O. The maximum atomic E-state index is 14.0. The minimum absolute atomic E-state index is 0.0255. The molecule has 39 heavy (non-hydrogen) atoms. The molecule has 10 heteroatoms. The van der Waals surface area contributed by atoms with Crippen LogP contribution in [0.4, 0.5) is 10.1 Å². The molecule has 0 aliphatic carbocycles. The van der Waals surface area contributed by atoms with E-state index in [1.807, 2.05) is 37.3 Å². The van der Waals surface area contributed by atoms with Crippen LogP contribution in [-0.4, -0.2) is 50.5 Å². The Hall–Kier alpha value is -3.43. The van der Waals surface area contributed by atoms with Crippen molar-refractivity contribution >= 4 is 39.1 Å². The molecular formula is C29H33ClFN3O4S. The zero-order valence-electron chi connectivity index (χ0n) is 22.2. The quantitative estimate of drug-likeness (QED) is 0.340. The predicted molar refractivity (Wildman–Crippen MR) is 153 cm³/mol. The number of carbonyl (C=O) groups is 2. The second-order valence-electron chi connectivity index (χ2n) is 9.35. The molecule has 1 N–H and O–H groups in total. The van der Waals surface area contributed by atoms with E-state index in [0.29, 0.717) is 29.1 Å². The van der Waals surface area contributed by atoms with E-state index in [2.05, 4.69) is 5.32 Å². The van der Waals surface area contributed by atoms with Crippen molar-refractivity contribution in [3.05, 3.63) is 100 Å². The highest BCUT2D eigenvalue weighted by atomic mass is 35.5. The fourth-order valence-corrected chi connectivity index (χ4v) is 5.22.